The Bertz CT molecular complexity index is 946. The molecule has 0 fully saturated rings. The fourth-order valence-electron chi connectivity index (χ4n) is 2.57. The van der Waals surface area contributed by atoms with Crippen molar-refractivity contribution in [2.75, 3.05) is 22.4 Å². The van der Waals surface area contributed by atoms with Crippen molar-refractivity contribution in [2.45, 2.75) is 19.8 Å². The molecule has 2 aromatic carbocycles. The zero-order chi connectivity index (χ0) is 19.3. The van der Waals surface area contributed by atoms with Gasteiger partial charge in [0.05, 0.1) is 23.6 Å². The summed E-state index contributed by atoms with van der Waals surface area (Å²) in [6.07, 6.45) is 1.03. The SMILES string of the molecule is CC(C)c1ccccc1NC(=O)CN(c1cccc(C#N)c1)S(C)(=O)=O. The number of nitrogens with zero attached hydrogens (tertiary/aromatic N) is 2. The number of benzene rings is 2. The largest absolute Gasteiger partial charge is 0.324 e. The summed E-state index contributed by atoms with van der Waals surface area (Å²) < 4.78 is 25.3. The lowest BCUT2D eigenvalue weighted by Gasteiger charge is -2.22. The summed E-state index contributed by atoms with van der Waals surface area (Å²) in [6.45, 7) is 3.66. The average Bonchev–Trinajstić information content (AvgIpc) is 2.59. The number of amides is 1. The van der Waals surface area contributed by atoms with Crippen molar-refractivity contribution in [1.82, 2.24) is 0 Å². The van der Waals surface area contributed by atoms with Gasteiger partial charge in [0.15, 0.2) is 0 Å². The van der Waals surface area contributed by atoms with Crippen molar-refractivity contribution in [3.05, 3.63) is 59.7 Å². The second kappa shape index (κ2) is 8.02. The number of nitrogens with one attached hydrogen (secondary N) is 1. The molecule has 0 aliphatic rings. The first-order valence-electron chi connectivity index (χ1n) is 8.09. The van der Waals surface area contributed by atoms with E-state index in [1.807, 2.05) is 38.1 Å². The first-order chi connectivity index (χ1) is 12.2. The van der Waals surface area contributed by atoms with E-state index in [9.17, 15) is 13.2 Å². The van der Waals surface area contributed by atoms with Crippen LogP contribution in [0.2, 0.25) is 0 Å². The van der Waals surface area contributed by atoms with Gasteiger partial charge in [0.25, 0.3) is 0 Å². The summed E-state index contributed by atoms with van der Waals surface area (Å²) in [5.74, 6) is -0.240. The minimum Gasteiger partial charge on any atom is -0.324 e. The van der Waals surface area contributed by atoms with Crippen LogP contribution in [0.15, 0.2) is 48.5 Å². The van der Waals surface area contributed by atoms with E-state index in [2.05, 4.69) is 5.32 Å². The molecule has 0 saturated carbocycles. The van der Waals surface area contributed by atoms with Crippen LogP contribution in [0.4, 0.5) is 11.4 Å². The van der Waals surface area contributed by atoms with Crippen molar-refractivity contribution in [1.29, 1.82) is 5.26 Å². The predicted octanol–water partition coefficient (Wildman–Crippen LogP) is 3.09. The Balaban J connectivity index is 2.27. The van der Waals surface area contributed by atoms with E-state index < -0.39 is 15.9 Å². The topological polar surface area (TPSA) is 90.3 Å². The molecule has 0 aromatic heterocycles. The Hall–Kier alpha value is -2.85. The third kappa shape index (κ3) is 4.83. The van der Waals surface area contributed by atoms with Gasteiger partial charge in [-0.3, -0.25) is 9.10 Å². The molecule has 2 aromatic rings. The maximum atomic E-state index is 12.5. The lowest BCUT2D eigenvalue weighted by atomic mass is 10.0. The number of hydrogen-bond acceptors (Lipinski definition) is 4. The highest BCUT2D eigenvalue weighted by Crippen LogP contribution is 2.24. The van der Waals surface area contributed by atoms with Crippen LogP contribution < -0.4 is 9.62 Å². The van der Waals surface area contributed by atoms with Gasteiger partial charge in [0.2, 0.25) is 15.9 Å². The zero-order valence-corrected chi connectivity index (χ0v) is 15.7. The van der Waals surface area contributed by atoms with Gasteiger partial charge in [-0.1, -0.05) is 38.1 Å². The van der Waals surface area contributed by atoms with E-state index in [1.165, 1.54) is 6.07 Å². The van der Waals surface area contributed by atoms with Crippen LogP contribution in [0.1, 0.15) is 30.9 Å². The van der Waals surface area contributed by atoms with Crippen LogP contribution in [0.25, 0.3) is 0 Å². The maximum Gasteiger partial charge on any atom is 0.245 e. The Kier molecular flexibility index (Phi) is 6.01. The Morgan fingerprint density at radius 3 is 2.50 bits per heavy atom. The fraction of sp³-hybridized carbons (Fsp3) is 0.263. The number of carbonyl (C=O) groups excluding carboxylic acids is 1. The molecule has 0 bridgehead atoms. The van der Waals surface area contributed by atoms with Crippen molar-refractivity contribution in [2.24, 2.45) is 0 Å². The minimum absolute atomic E-state index is 0.213. The van der Waals surface area contributed by atoms with E-state index in [0.29, 0.717) is 11.3 Å². The van der Waals surface area contributed by atoms with Crippen LogP contribution in [0.3, 0.4) is 0 Å². The number of nitriles is 1. The maximum absolute atomic E-state index is 12.5. The first kappa shape index (κ1) is 19.5. The predicted molar refractivity (Wildman–Crippen MR) is 103 cm³/mol. The molecule has 0 radical (unpaired) electrons. The Morgan fingerprint density at radius 2 is 1.88 bits per heavy atom. The van der Waals surface area contributed by atoms with Gasteiger partial charge in [-0.05, 0) is 35.7 Å². The summed E-state index contributed by atoms with van der Waals surface area (Å²) in [6, 6.07) is 15.5. The highest BCUT2D eigenvalue weighted by atomic mass is 32.2. The van der Waals surface area contributed by atoms with Gasteiger partial charge in [-0.25, -0.2) is 8.42 Å². The van der Waals surface area contributed by atoms with E-state index >= 15 is 0 Å². The molecular formula is C19H21N3O3S. The van der Waals surface area contributed by atoms with Crippen molar-refractivity contribution in [3.8, 4) is 6.07 Å². The molecule has 0 unspecified atom stereocenters. The molecule has 0 heterocycles. The molecule has 1 amide bonds. The van der Waals surface area contributed by atoms with Crippen LogP contribution in [-0.4, -0.2) is 27.1 Å². The highest BCUT2D eigenvalue weighted by molar-refractivity contribution is 7.92. The molecule has 0 aliphatic carbocycles. The smallest absolute Gasteiger partial charge is 0.245 e. The lowest BCUT2D eigenvalue weighted by molar-refractivity contribution is -0.114. The molecule has 1 N–H and O–H groups in total. The monoisotopic (exact) mass is 371 g/mol. The number of para-hydroxylation sites is 1. The molecule has 0 atom stereocenters. The summed E-state index contributed by atoms with van der Waals surface area (Å²) in [7, 11) is -3.69. The standard InChI is InChI=1S/C19H21N3O3S/c1-14(2)17-9-4-5-10-18(17)21-19(23)13-22(26(3,24)25)16-8-6-7-15(11-16)12-20/h4-11,14H,13H2,1-3H3,(H,21,23). The van der Waals surface area contributed by atoms with Crippen LogP contribution in [-0.2, 0) is 14.8 Å². The second-order valence-corrected chi connectivity index (χ2v) is 8.13. The van der Waals surface area contributed by atoms with E-state index in [4.69, 9.17) is 5.26 Å². The van der Waals surface area contributed by atoms with Gasteiger partial charge >= 0.3 is 0 Å². The number of carbonyl (C=O) groups is 1. The van der Waals surface area contributed by atoms with Crippen LogP contribution >= 0.6 is 0 Å². The fourth-order valence-corrected chi connectivity index (χ4v) is 3.41. The number of rotatable bonds is 6. The molecule has 26 heavy (non-hydrogen) atoms. The van der Waals surface area contributed by atoms with Gasteiger partial charge in [0.1, 0.15) is 6.54 Å². The van der Waals surface area contributed by atoms with Gasteiger partial charge in [0, 0.05) is 5.69 Å². The zero-order valence-electron chi connectivity index (χ0n) is 14.9. The first-order valence-corrected chi connectivity index (χ1v) is 9.94. The Morgan fingerprint density at radius 1 is 1.19 bits per heavy atom. The minimum atomic E-state index is -3.69. The number of hydrogen-bond donors (Lipinski definition) is 1. The third-order valence-corrected chi connectivity index (χ3v) is 4.95. The Labute approximate surface area is 154 Å². The van der Waals surface area contributed by atoms with Gasteiger partial charge in [-0.2, -0.15) is 5.26 Å². The number of anilines is 2. The van der Waals surface area contributed by atoms with Crippen LogP contribution in [0, 0.1) is 11.3 Å². The normalized spacial score (nSPS) is 11.0. The average molecular weight is 371 g/mol. The van der Waals surface area contributed by atoms with Crippen LogP contribution in [0.5, 0.6) is 0 Å². The summed E-state index contributed by atoms with van der Waals surface area (Å²) in [5, 5.41) is 11.8. The third-order valence-electron chi connectivity index (χ3n) is 3.81. The van der Waals surface area contributed by atoms with E-state index in [-0.39, 0.29) is 18.2 Å². The summed E-state index contributed by atoms with van der Waals surface area (Å²) in [5.41, 5.74) is 2.23. The van der Waals surface area contributed by atoms with Crippen molar-refractivity contribution in [3.63, 3.8) is 0 Å². The highest BCUT2D eigenvalue weighted by Gasteiger charge is 2.21. The van der Waals surface area contributed by atoms with E-state index in [1.54, 1.807) is 24.3 Å². The second-order valence-electron chi connectivity index (χ2n) is 6.22. The molecule has 6 nitrogen and oxygen atoms in total. The molecule has 136 valence electrons. The molecule has 0 aliphatic heterocycles. The van der Waals surface area contributed by atoms with Gasteiger partial charge < -0.3 is 5.32 Å². The quantitative estimate of drug-likeness (QED) is 0.845. The molecule has 7 heteroatoms. The molecule has 0 spiro atoms. The number of sulfonamides is 1. The molecular weight excluding hydrogens is 350 g/mol. The van der Waals surface area contributed by atoms with Crippen molar-refractivity contribution >= 4 is 27.3 Å². The van der Waals surface area contributed by atoms with Gasteiger partial charge in [-0.15, -0.1) is 0 Å². The lowest BCUT2D eigenvalue weighted by Crippen LogP contribution is -2.37. The summed E-state index contributed by atoms with van der Waals surface area (Å²) >= 11 is 0. The van der Waals surface area contributed by atoms with E-state index in [0.717, 1.165) is 16.1 Å². The summed E-state index contributed by atoms with van der Waals surface area (Å²) in [4.78, 5) is 12.5. The molecule has 2 rings (SSSR count). The molecule has 0 saturated heterocycles. The van der Waals surface area contributed by atoms with Crippen molar-refractivity contribution < 1.29 is 13.2 Å².